The molecular weight excluding hydrogens is 212 g/mol. The van der Waals surface area contributed by atoms with Crippen LogP contribution in [0.15, 0.2) is 24.3 Å². The summed E-state index contributed by atoms with van der Waals surface area (Å²) < 4.78 is 4.69. The number of rotatable bonds is 3. The van der Waals surface area contributed by atoms with Crippen LogP contribution in [-0.2, 0) is 14.9 Å². The third kappa shape index (κ3) is 5.03. The summed E-state index contributed by atoms with van der Waals surface area (Å²) in [6, 6.07) is 8.26. The van der Waals surface area contributed by atoms with Crippen LogP contribution in [0.5, 0.6) is 0 Å². The predicted molar refractivity (Wildman–Crippen MR) is 72.2 cm³/mol. The SMILES string of the molecule is CC.COC(=O)CC(C)(C)c1ccc(C)cc1. The Bertz CT molecular complexity index is 336. The molecule has 0 fully saturated rings. The Kier molecular flexibility index (Phi) is 6.55. The van der Waals surface area contributed by atoms with Gasteiger partial charge in [-0.2, -0.15) is 0 Å². The normalized spacial score (nSPS) is 10.2. The van der Waals surface area contributed by atoms with E-state index in [2.05, 4.69) is 45.0 Å². The highest BCUT2D eigenvalue weighted by molar-refractivity contribution is 5.71. The van der Waals surface area contributed by atoms with Gasteiger partial charge in [0.25, 0.3) is 0 Å². The van der Waals surface area contributed by atoms with Crippen LogP contribution in [0.25, 0.3) is 0 Å². The van der Waals surface area contributed by atoms with Gasteiger partial charge in [0.2, 0.25) is 0 Å². The maximum Gasteiger partial charge on any atom is 0.306 e. The molecule has 0 aliphatic rings. The molecule has 2 nitrogen and oxygen atoms in total. The Hall–Kier alpha value is -1.31. The molecule has 17 heavy (non-hydrogen) atoms. The lowest BCUT2D eigenvalue weighted by Crippen LogP contribution is -2.22. The van der Waals surface area contributed by atoms with Crippen LogP contribution in [0.1, 0.15) is 45.2 Å². The van der Waals surface area contributed by atoms with Crippen molar-refractivity contribution in [2.75, 3.05) is 7.11 Å². The molecule has 0 bridgehead atoms. The Morgan fingerprint density at radius 1 is 1.18 bits per heavy atom. The second kappa shape index (κ2) is 7.10. The molecule has 0 saturated heterocycles. The molecule has 0 atom stereocenters. The average Bonchev–Trinajstić information content (AvgIpc) is 2.31. The van der Waals surface area contributed by atoms with Crippen molar-refractivity contribution in [1.82, 2.24) is 0 Å². The van der Waals surface area contributed by atoms with Crippen molar-refractivity contribution in [3.05, 3.63) is 35.4 Å². The number of hydrogen-bond acceptors (Lipinski definition) is 2. The third-order valence-corrected chi connectivity index (χ3v) is 2.65. The molecule has 0 radical (unpaired) electrons. The first-order chi connectivity index (χ1) is 7.95. The van der Waals surface area contributed by atoms with Crippen LogP contribution in [-0.4, -0.2) is 13.1 Å². The molecule has 1 aromatic rings. The number of carbonyl (C=O) groups is 1. The summed E-state index contributed by atoms with van der Waals surface area (Å²) in [5.41, 5.74) is 2.23. The number of benzene rings is 1. The van der Waals surface area contributed by atoms with Crippen molar-refractivity contribution >= 4 is 5.97 Å². The minimum atomic E-state index is -0.166. The summed E-state index contributed by atoms with van der Waals surface area (Å²) in [4.78, 5) is 11.2. The van der Waals surface area contributed by atoms with Crippen molar-refractivity contribution in [1.29, 1.82) is 0 Å². The molecular formula is C15H24O2. The zero-order valence-electron chi connectivity index (χ0n) is 11.8. The van der Waals surface area contributed by atoms with Gasteiger partial charge >= 0.3 is 5.97 Å². The number of carbonyl (C=O) groups excluding carboxylic acids is 1. The first-order valence-electron chi connectivity index (χ1n) is 6.09. The Morgan fingerprint density at radius 3 is 2.06 bits per heavy atom. The number of esters is 1. The van der Waals surface area contributed by atoms with E-state index in [-0.39, 0.29) is 11.4 Å². The van der Waals surface area contributed by atoms with E-state index in [4.69, 9.17) is 4.74 Å². The first kappa shape index (κ1) is 15.7. The van der Waals surface area contributed by atoms with Crippen LogP contribution in [0.2, 0.25) is 0 Å². The number of methoxy groups -OCH3 is 1. The monoisotopic (exact) mass is 236 g/mol. The zero-order valence-corrected chi connectivity index (χ0v) is 11.8. The molecule has 0 aliphatic heterocycles. The van der Waals surface area contributed by atoms with E-state index in [1.54, 1.807) is 0 Å². The van der Waals surface area contributed by atoms with E-state index in [0.29, 0.717) is 6.42 Å². The lowest BCUT2D eigenvalue weighted by molar-refractivity contribution is -0.141. The smallest absolute Gasteiger partial charge is 0.306 e. The summed E-state index contributed by atoms with van der Waals surface area (Å²) in [5.74, 6) is -0.166. The molecule has 0 N–H and O–H groups in total. The summed E-state index contributed by atoms with van der Waals surface area (Å²) in [6.45, 7) is 10.2. The standard InChI is InChI=1S/C13H18O2.C2H6/c1-10-5-7-11(8-6-10)13(2,3)9-12(14)15-4;1-2/h5-8H,9H2,1-4H3;1-2H3. The van der Waals surface area contributed by atoms with Crippen LogP contribution < -0.4 is 0 Å². The van der Waals surface area contributed by atoms with E-state index in [1.807, 2.05) is 13.8 Å². The lowest BCUT2D eigenvalue weighted by atomic mass is 9.81. The highest BCUT2D eigenvalue weighted by atomic mass is 16.5. The van der Waals surface area contributed by atoms with Crippen LogP contribution in [0, 0.1) is 6.92 Å². The van der Waals surface area contributed by atoms with E-state index in [9.17, 15) is 4.79 Å². The Morgan fingerprint density at radius 2 is 1.65 bits per heavy atom. The summed E-state index contributed by atoms with van der Waals surface area (Å²) in [6.07, 6.45) is 0.409. The highest BCUT2D eigenvalue weighted by Gasteiger charge is 2.24. The predicted octanol–water partition coefficient (Wildman–Crippen LogP) is 3.86. The molecule has 0 spiro atoms. The van der Waals surface area contributed by atoms with Crippen molar-refractivity contribution in [3.8, 4) is 0 Å². The molecule has 1 rings (SSSR count). The van der Waals surface area contributed by atoms with Gasteiger partial charge in [-0.15, -0.1) is 0 Å². The van der Waals surface area contributed by atoms with Crippen molar-refractivity contribution < 1.29 is 9.53 Å². The van der Waals surface area contributed by atoms with Gasteiger partial charge in [-0.05, 0) is 12.5 Å². The number of hydrogen-bond donors (Lipinski definition) is 0. The van der Waals surface area contributed by atoms with Crippen LogP contribution in [0.4, 0.5) is 0 Å². The van der Waals surface area contributed by atoms with Gasteiger partial charge in [-0.25, -0.2) is 0 Å². The molecule has 0 unspecified atom stereocenters. The fraction of sp³-hybridized carbons (Fsp3) is 0.533. The quantitative estimate of drug-likeness (QED) is 0.745. The van der Waals surface area contributed by atoms with Gasteiger partial charge in [0.1, 0.15) is 0 Å². The zero-order chi connectivity index (χ0) is 13.5. The first-order valence-corrected chi connectivity index (χ1v) is 6.09. The maximum atomic E-state index is 11.2. The summed E-state index contributed by atoms with van der Waals surface area (Å²) in [5, 5.41) is 0. The van der Waals surface area contributed by atoms with Gasteiger partial charge in [-0.3, -0.25) is 4.79 Å². The fourth-order valence-corrected chi connectivity index (χ4v) is 1.54. The van der Waals surface area contributed by atoms with Gasteiger partial charge in [0, 0.05) is 5.41 Å². The second-order valence-electron chi connectivity index (χ2n) is 4.50. The van der Waals surface area contributed by atoms with E-state index in [0.717, 1.165) is 0 Å². The molecule has 0 saturated carbocycles. The van der Waals surface area contributed by atoms with Gasteiger partial charge in [-0.1, -0.05) is 57.5 Å². The number of ether oxygens (including phenoxy) is 1. The Labute approximate surface area is 105 Å². The second-order valence-corrected chi connectivity index (χ2v) is 4.50. The van der Waals surface area contributed by atoms with Crippen LogP contribution in [0.3, 0.4) is 0 Å². The van der Waals surface area contributed by atoms with E-state index >= 15 is 0 Å². The minimum absolute atomic E-state index is 0.166. The molecule has 2 heteroatoms. The fourth-order valence-electron chi connectivity index (χ4n) is 1.54. The number of aryl methyl sites for hydroxylation is 1. The molecule has 96 valence electrons. The van der Waals surface area contributed by atoms with Crippen molar-refractivity contribution in [3.63, 3.8) is 0 Å². The molecule has 0 aromatic heterocycles. The Balaban J connectivity index is 0.00000121. The summed E-state index contributed by atoms with van der Waals surface area (Å²) in [7, 11) is 1.42. The maximum absolute atomic E-state index is 11.2. The summed E-state index contributed by atoms with van der Waals surface area (Å²) >= 11 is 0. The molecule has 1 aromatic carbocycles. The largest absolute Gasteiger partial charge is 0.469 e. The van der Waals surface area contributed by atoms with Crippen LogP contribution >= 0.6 is 0 Å². The third-order valence-electron chi connectivity index (χ3n) is 2.65. The average molecular weight is 236 g/mol. The van der Waals surface area contributed by atoms with Gasteiger partial charge in [0.15, 0.2) is 0 Å². The molecule has 0 amide bonds. The van der Waals surface area contributed by atoms with E-state index < -0.39 is 0 Å². The van der Waals surface area contributed by atoms with Gasteiger partial charge in [0.05, 0.1) is 13.5 Å². The highest BCUT2D eigenvalue weighted by Crippen LogP contribution is 2.27. The molecule has 0 aliphatic carbocycles. The lowest BCUT2D eigenvalue weighted by Gasteiger charge is -2.23. The van der Waals surface area contributed by atoms with Crippen molar-refractivity contribution in [2.24, 2.45) is 0 Å². The van der Waals surface area contributed by atoms with Gasteiger partial charge < -0.3 is 4.74 Å². The molecule has 0 heterocycles. The minimum Gasteiger partial charge on any atom is -0.469 e. The van der Waals surface area contributed by atoms with E-state index in [1.165, 1.54) is 18.2 Å². The topological polar surface area (TPSA) is 26.3 Å². The van der Waals surface area contributed by atoms with Crippen molar-refractivity contribution in [2.45, 2.75) is 46.5 Å².